The highest BCUT2D eigenvalue weighted by molar-refractivity contribution is 7.80. The van der Waals surface area contributed by atoms with Crippen LogP contribution in [0, 0.1) is 17.0 Å². The van der Waals surface area contributed by atoms with Crippen LogP contribution in [0.15, 0.2) is 91.3 Å². The molecule has 192 valence electrons. The molecule has 9 nitrogen and oxygen atoms in total. The molecule has 1 amide bonds. The van der Waals surface area contributed by atoms with Crippen LogP contribution in [0.3, 0.4) is 0 Å². The van der Waals surface area contributed by atoms with Crippen molar-refractivity contribution in [2.75, 3.05) is 11.9 Å². The summed E-state index contributed by atoms with van der Waals surface area (Å²) in [7, 11) is 0. The van der Waals surface area contributed by atoms with Gasteiger partial charge in [-0.2, -0.15) is 0 Å². The van der Waals surface area contributed by atoms with Crippen molar-refractivity contribution in [2.24, 2.45) is 0 Å². The van der Waals surface area contributed by atoms with E-state index in [9.17, 15) is 14.9 Å². The predicted octanol–water partition coefficient (Wildman–Crippen LogP) is 5.09. The van der Waals surface area contributed by atoms with Crippen molar-refractivity contribution in [3.63, 3.8) is 0 Å². The van der Waals surface area contributed by atoms with Gasteiger partial charge in [-0.15, -0.1) is 0 Å². The summed E-state index contributed by atoms with van der Waals surface area (Å²) in [5.74, 6) is -0.107. The van der Waals surface area contributed by atoms with Gasteiger partial charge in [0.15, 0.2) is 5.11 Å². The number of non-ortho nitro benzene ring substituents is 1. The molecule has 10 heteroatoms. The Balaban J connectivity index is 1.44. The third-order valence-corrected chi connectivity index (χ3v) is 6.85. The molecule has 0 aliphatic carbocycles. The van der Waals surface area contributed by atoms with Crippen molar-refractivity contribution in [3.8, 4) is 5.69 Å². The van der Waals surface area contributed by atoms with Crippen LogP contribution >= 0.6 is 12.2 Å². The van der Waals surface area contributed by atoms with Gasteiger partial charge in [0.1, 0.15) is 0 Å². The molecule has 0 spiro atoms. The molecule has 1 aliphatic rings. The number of nitrogens with zero attached hydrogens (tertiary/aromatic N) is 4. The summed E-state index contributed by atoms with van der Waals surface area (Å²) in [5, 5.41) is 18.0. The Morgan fingerprint density at radius 3 is 2.63 bits per heavy atom. The van der Waals surface area contributed by atoms with E-state index in [1.165, 1.54) is 12.1 Å². The molecular weight excluding hydrogens is 500 g/mol. The van der Waals surface area contributed by atoms with Crippen molar-refractivity contribution in [2.45, 2.75) is 25.4 Å². The maximum absolute atomic E-state index is 12.8. The van der Waals surface area contributed by atoms with Crippen LogP contribution in [0.2, 0.25) is 0 Å². The van der Waals surface area contributed by atoms with Crippen LogP contribution in [0.1, 0.15) is 35.5 Å². The summed E-state index contributed by atoms with van der Waals surface area (Å²) >= 11 is 5.74. The maximum atomic E-state index is 12.8. The van der Waals surface area contributed by atoms with E-state index in [2.05, 4.69) is 15.6 Å². The van der Waals surface area contributed by atoms with Gasteiger partial charge in [-0.3, -0.25) is 19.9 Å². The number of benzene rings is 2. The van der Waals surface area contributed by atoms with Gasteiger partial charge in [0.25, 0.3) is 5.69 Å². The number of nitro benzene ring substituents is 1. The third kappa shape index (κ3) is 5.25. The molecule has 1 saturated heterocycles. The van der Waals surface area contributed by atoms with Crippen molar-refractivity contribution in [1.29, 1.82) is 0 Å². The van der Waals surface area contributed by atoms with Gasteiger partial charge in [-0.05, 0) is 73.2 Å². The Labute approximate surface area is 225 Å². The lowest BCUT2D eigenvalue weighted by atomic mass is 10.0. The number of anilines is 1. The minimum atomic E-state index is -0.416. The fraction of sp³-hybridized carbons (Fsp3) is 0.179. The first-order valence-electron chi connectivity index (χ1n) is 12.2. The number of hydrogen-bond donors (Lipinski definition) is 2. The molecule has 1 fully saturated rings. The van der Waals surface area contributed by atoms with Gasteiger partial charge in [-0.25, -0.2) is 0 Å². The van der Waals surface area contributed by atoms with Gasteiger partial charge in [-0.1, -0.05) is 18.2 Å². The zero-order valence-electron chi connectivity index (χ0n) is 20.7. The second-order valence-corrected chi connectivity index (χ2v) is 9.45. The SMILES string of the molecule is Cc1cccc(NC(=O)CCN2C(=S)N[C@@H](c3ccccn3)[C@H]2c2cccn2-c2ccc([N+](=O)[O-])cc2)c1. The second-order valence-electron chi connectivity index (χ2n) is 9.06. The first-order valence-corrected chi connectivity index (χ1v) is 12.6. The third-order valence-electron chi connectivity index (χ3n) is 6.50. The lowest BCUT2D eigenvalue weighted by Crippen LogP contribution is -2.33. The molecule has 1 aliphatic heterocycles. The molecule has 4 aromatic rings. The molecule has 0 unspecified atom stereocenters. The minimum absolute atomic E-state index is 0.0266. The maximum Gasteiger partial charge on any atom is 0.269 e. The molecule has 0 saturated carbocycles. The smallest absolute Gasteiger partial charge is 0.269 e. The Hall–Kier alpha value is -4.57. The Morgan fingerprint density at radius 1 is 1.11 bits per heavy atom. The average molecular weight is 527 g/mol. The first kappa shape index (κ1) is 25.1. The van der Waals surface area contributed by atoms with E-state index in [-0.39, 0.29) is 30.1 Å². The molecule has 5 rings (SSSR count). The van der Waals surface area contributed by atoms with E-state index in [0.29, 0.717) is 11.7 Å². The van der Waals surface area contributed by atoms with Gasteiger partial charge < -0.3 is 20.1 Å². The van der Waals surface area contributed by atoms with Gasteiger partial charge in [0.2, 0.25) is 5.91 Å². The molecule has 2 atom stereocenters. The van der Waals surface area contributed by atoms with E-state index in [4.69, 9.17) is 12.2 Å². The lowest BCUT2D eigenvalue weighted by molar-refractivity contribution is -0.384. The van der Waals surface area contributed by atoms with Crippen molar-refractivity contribution >= 4 is 34.6 Å². The van der Waals surface area contributed by atoms with E-state index in [1.54, 1.807) is 18.3 Å². The van der Waals surface area contributed by atoms with Crippen LogP contribution in [0.25, 0.3) is 5.69 Å². The van der Waals surface area contributed by atoms with Crippen LogP contribution in [0.4, 0.5) is 11.4 Å². The average Bonchev–Trinajstić information content (AvgIpc) is 3.52. The van der Waals surface area contributed by atoms with Crippen molar-refractivity contribution in [3.05, 3.63) is 118 Å². The summed E-state index contributed by atoms with van der Waals surface area (Å²) in [6.07, 6.45) is 3.89. The highest BCUT2D eigenvalue weighted by atomic mass is 32.1. The first-order chi connectivity index (χ1) is 18.4. The molecule has 2 aromatic carbocycles. The van der Waals surface area contributed by atoms with Gasteiger partial charge in [0, 0.05) is 54.6 Å². The number of carbonyl (C=O) groups is 1. The summed E-state index contributed by atoms with van der Waals surface area (Å²) < 4.78 is 1.99. The number of nitro groups is 1. The summed E-state index contributed by atoms with van der Waals surface area (Å²) in [5.41, 5.74) is 4.37. The zero-order chi connectivity index (χ0) is 26.6. The second kappa shape index (κ2) is 10.8. The summed E-state index contributed by atoms with van der Waals surface area (Å²) in [6.45, 7) is 2.37. The Kier molecular flexibility index (Phi) is 7.14. The fourth-order valence-electron chi connectivity index (χ4n) is 4.74. The predicted molar refractivity (Wildman–Crippen MR) is 149 cm³/mol. The van der Waals surface area contributed by atoms with E-state index in [1.807, 2.05) is 77.2 Å². The number of amides is 1. The molecule has 0 radical (unpaired) electrons. The summed E-state index contributed by atoms with van der Waals surface area (Å²) in [6, 6.07) is 23.2. The number of pyridine rings is 1. The van der Waals surface area contributed by atoms with Crippen LogP contribution < -0.4 is 10.6 Å². The molecule has 3 heterocycles. The highest BCUT2D eigenvalue weighted by Gasteiger charge is 2.41. The van der Waals surface area contributed by atoms with Crippen LogP contribution in [0.5, 0.6) is 0 Å². The normalized spacial score (nSPS) is 16.8. The molecule has 38 heavy (non-hydrogen) atoms. The minimum Gasteiger partial charge on any atom is -0.352 e. The number of nitrogens with one attached hydrogen (secondary N) is 2. The molecule has 2 aromatic heterocycles. The van der Waals surface area contributed by atoms with E-state index >= 15 is 0 Å². The number of thiocarbonyl (C=S) groups is 1. The van der Waals surface area contributed by atoms with Crippen LogP contribution in [-0.2, 0) is 4.79 Å². The number of rotatable bonds is 8. The Bertz CT molecular complexity index is 1470. The van der Waals surface area contributed by atoms with Crippen molar-refractivity contribution < 1.29 is 9.72 Å². The Morgan fingerprint density at radius 2 is 1.92 bits per heavy atom. The molecule has 0 bridgehead atoms. The molecular formula is C28H26N6O3S. The quantitative estimate of drug-likeness (QED) is 0.187. The van der Waals surface area contributed by atoms with Gasteiger partial charge in [0.05, 0.1) is 22.7 Å². The van der Waals surface area contributed by atoms with Crippen LogP contribution in [-0.4, -0.2) is 36.9 Å². The number of aromatic nitrogens is 2. The fourth-order valence-corrected chi connectivity index (χ4v) is 5.07. The largest absolute Gasteiger partial charge is 0.352 e. The monoisotopic (exact) mass is 526 g/mol. The topological polar surface area (TPSA) is 105 Å². The number of carbonyl (C=O) groups excluding carboxylic acids is 1. The number of aryl methyl sites for hydroxylation is 1. The number of hydrogen-bond acceptors (Lipinski definition) is 5. The lowest BCUT2D eigenvalue weighted by Gasteiger charge is -2.28. The van der Waals surface area contributed by atoms with Crippen molar-refractivity contribution in [1.82, 2.24) is 19.8 Å². The standard InChI is InChI=1S/C28H26N6O3S/c1-19-6-4-7-20(18-19)30-25(35)14-17-33-27(26(31-28(33)38)23-8-2-3-15-29-23)24-9-5-16-32(24)21-10-12-22(13-11-21)34(36)37/h2-13,15-16,18,26-27H,14,17H2,1H3,(H,30,35)(H,31,38)/t26-,27+/m0/s1. The highest BCUT2D eigenvalue weighted by Crippen LogP contribution is 2.39. The summed E-state index contributed by atoms with van der Waals surface area (Å²) in [4.78, 5) is 30.1. The zero-order valence-corrected chi connectivity index (χ0v) is 21.5. The van der Waals surface area contributed by atoms with E-state index in [0.717, 1.165) is 28.3 Å². The van der Waals surface area contributed by atoms with E-state index < -0.39 is 4.92 Å². The van der Waals surface area contributed by atoms with Gasteiger partial charge >= 0.3 is 0 Å². The molecule has 2 N–H and O–H groups in total.